The Morgan fingerprint density at radius 2 is 1.83 bits per heavy atom. The lowest BCUT2D eigenvalue weighted by atomic mass is 10.2. The Bertz CT molecular complexity index is 597. The van der Waals surface area contributed by atoms with E-state index >= 15 is 0 Å². The molecule has 18 heavy (non-hydrogen) atoms. The smallest absolute Gasteiger partial charge is 0.195 e. The van der Waals surface area contributed by atoms with E-state index in [1.54, 1.807) is 43.3 Å². The second-order valence-electron chi connectivity index (χ2n) is 3.98. The molecule has 0 aliphatic rings. The molecule has 1 aromatic heterocycles. The largest absolute Gasteiger partial charge is 0.462 e. The van der Waals surface area contributed by atoms with Gasteiger partial charge in [-0.1, -0.05) is 17.7 Å². The van der Waals surface area contributed by atoms with Crippen molar-refractivity contribution in [3.63, 3.8) is 0 Å². The van der Waals surface area contributed by atoms with Crippen LogP contribution in [0.5, 0.6) is 0 Å². The molecule has 4 heteroatoms. The van der Waals surface area contributed by atoms with Crippen molar-refractivity contribution < 1.29 is 13.0 Å². The van der Waals surface area contributed by atoms with Gasteiger partial charge in [0.1, 0.15) is 22.3 Å². The van der Waals surface area contributed by atoms with E-state index in [0.717, 1.165) is 11.6 Å². The predicted molar refractivity (Wildman–Crippen MR) is 70.1 cm³/mol. The molecule has 0 spiro atoms. The molecule has 0 saturated heterocycles. The normalized spacial score (nSPS) is 13.6. The van der Waals surface area contributed by atoms with Gasteiger partial charge in [-0.05, 0) is 38.1 Å². The van der Waals surface area contributed by atoms with Crippen LogP contribution in [0.2, 0.25) is 0 Å². The van der Waals surface area contributed by atoms with Gasteiger partial charge in [-0.3, -0.25) is 0 Å². The van der Waals surface area contributed by atoms with Crippen molar-refractivity contribution in [1.29, 1.82) is 0 Å². The zero-order valence-electron chi connectivity index (χ0n) is 10.1. The highest BCUT2D eigenvalue weighted by Crippen LogP contribution is 2.19. The summed E-state index contributed by atoms with van der Waals surface area (Å²) >= 11 is 0. The van der Waals surface area contributed by atoms with Crippen LogP contribution in [0.3, 0.4) is 0 Å². The minimum Gasteiger partial charge on any atom is -0.462 e. The van der Waals surface area contributed by atoms with Crippen molar-refractivity contribution >= 4 is 16.9 Å². The molecule has 1 atom stereocenters. The second kappa shape index (κ2) is 5.31. The highest BCUT2D eigenvalue weighted by atomic mass is 32.2. The SMILES string of the molecule is Cc1ccc(S(=O)/C(F)=C/c2ccc(C)o2)cc1. The van der Waals surface area contributed by atoms with Gasteiger partial charge in [-0.15, -0.1) is 0 Å². The van der Waals surface area contributed by atoms with Crippen LogP contribution in [-0.2, 0) is 10.8 Å². The summed E-state index contributed by atoms with van der Waals surface area (Å²) in [4.78, 5) is 0.442. The van der Waals surface area contributed by atoms with E-state index in [2.05, 4.69) is 0 Å². The molecule has 0 N–H and O–H groups in total. The van der Waals surface area contributed by atoms with Crippen LogP contribution in [0.4, 0.5) is 4.39 Å². The molecular formula is C14H13FO2S. The number of benzene rings is 1. The maximum absolute atomic E-state index is 13.8. The van der Waals surface area contributed by atoms with E-state index in [1.165, 1.54) is 0 Å². The Kier molecular flexibility index (Phi) is 3.77. The van der Waals surface area contributed by atoms with E-state index in [4.69, 9.17) is 4.42 Å². The molecule has 1 aromatic carbocycles. The molecule has 0 aliphatic heterocycles. The molecule has 0 radical (unpaired) electrons. The third-order valence-corrected chi connectivity index (χ3v) is 3.60. The monoisotopic (exact) mass is 264 g/mol. The van der Waals surface area contributed by atoms with Crippen LogP contribution in [0, 0.1) is 13.8 Å². The minimum absolute atomic E-state index is 0.366. The van der Waals surface area contributed by atoms with Gasteiger partial charge in [-0.25, -0.2) is 4.21 Å². The lowest BCUT2D eigenvalue weighted by Crippen LogP contribution is -1.91. The highest BCUT2D eigenvalue weighted by Gasteiger charge is 2.10. The Balaban J connectivity index is 2.23. The molecule has 0 aliphatic carbocycles. The van der Waals surface area contributed by atoms with Gasteiger partial charge in [0.2, 0.25) is 0 Å². The molecular weight excluding hydrogens is 251 g/mol. The Hall–Kier alpha value is -1.68. The topological polar surface area (TPSA) is 30.2 Å². The molecule has 0 fully saturated rings. The Morgan fingerprint density at radius 1 is 1.17 bits per heavy atom. The van der Waals surface area contributed by atoms with E-state index in [-0.39, 0.29) is 0 Å². The first-order valence-corrected chi connectivity index (χ1v) is 6.63. The molecule has 0 saturated carbocycles. The molecule has 2 nitrogen and oxygen atoms in total. The van der Waals surface area contributed by atoms with Crippen LogP contribution in [0.25, 0.3) is 6.08 Å². The fourth-order valence-electron chi connectivity index (χ4n) is 1.47. The molecule has 94 valence electrons. The summed E-state index contributed by atoms with van der Waals surface area (Å²) in [6, 6.07) is 10.3. The molecule has 0 amide bonds. The van der Waals surface area contributed by atoms with Gasteiger partial charge in [0.05, 0.1) is 0 Å². The van der Waals surface area contributed by atoms with Crippen molar-refractivity contribution in [2.24, 2.45) is 0 Å². The van der Waals surface area contributed by atoms with E-state index in [1.807, 2.05) is 6.92 Å². The first-order chi connectivity index (χ1) is 8.56. The van der Waals surface area contributed by atoms with Crippen LogP contribution in [0.1, 0.15) is 17.1 Å². The van der Waals surface area contributed by atoms with Crippen molar-refractivity contribution in [3.8, 4) is 0 Å². The van der Waals surface area contributed by atoms with E-state index in [9.17, 15) is 8.60 Å². The Morgan fingerprint density at radius 3 is 2.39 bits per heavy atom. The van der Waals surface area contributed by atoms with Crippen molar-refractivity contribution in [1.82, 2.24) is 0 Å². The number of halogens is 1. The maximum atomic E-state index is 13.8. The third kappa shape index (κ3) is 2.96. The number of rotatable bonds is 3. The summed E-state index contributed by atoms with van der Waals surface area (Å²) in [6.45, 7) is 3.69. The number of hydrogen-bond acceptors (Lipinski definition) is 2. The Labute approximate surface area is 108 Å². The number of hydrogen-bond donors (Lipinski definition) is 0. The lowest BCUT2D eigenvalue weighted by molar-refractivity contribution is 0.523. The predicted octanol–water partition coefficient (Wildman–Crippen LogP) is 3.97. The molecule has 2 rings (SSSR count). The summed E-state index contributed by atoms with van der Waals surface area (Å²) in [5.74, 6) is 1.06. The van der Waals surface area contributed by atoms with Gasteiger partial charge in [0, 0.05) is 11.0 Å². The molecule has 1 heterocycles. The first-order valence-electron chi connectivity index (χ1n) is 5.48. The summed E-state index contributed by atoms with van der Waals surface area (Å²) in [5, 5.41) is -0.715. The average molecular weight is 264 g/mol. The average Bonchev–Trinajstić information content (AvgIpc) is 2.75. The summed E-state index contributed by atoms with van der Waals surface area (Å²) in [7, 11) is -1.79. The van der Waals surface area contributed by atoms with Gasteiger partial charge >= 0.3 is 0 Å². The van der Waals surface area contributed by atoms with Gasteiger partial charge in [-0.2, -0.15) is 4.39 Å². The quantitative estimate of drug-likeness (QED) is 0.839. The van der Waals surface area contributed by atoms with Crippen molar-refractivity contribution in [2.75, 3.05) is 0 Å². The van der Waals surface area contributed by atoms with Gasteiger partial charge in [0.25, 0.3) is 0 Å². The van der Waals surface area contributed by atoms with Crippen molar-refractivity contribution in [2.45, 2.75) is 18.7 Å². The second-order valence-corrected chi connectivity index (χ2v) is 5.38. The lowest BCUT2D eigenvalue weighted by Gasteiger charge is -1.99. The fourth-order valence-corrected chi connectivity index (χ4v) is 2.30. The van der Waals surface area contributed by atoms with E-state index < -0.39 is 16.0 Å². The van der Waals surface area contributed by atoms with Crippen LogP contribution in [-0.4, -0.2) is 4.21 Å². The van der Waals surface area contributed by atoms with Crippen LogP contribution in [0.15, 0.2) is 50.9 Å². The first kappa shape index (κ1) is 12.8. The van der Waals surface area contributed by atoms with Crippen LogP contribution < -0.4 is 0 Å². The maximum Gasteiger partial charge on any atom is 0.195 e. The van der Waals surface area contributed by atoms with Crippen LogP contribution >= 0.6 is 0 Å². The fraction of sp³-hybridized carbons (Fsp3) is 0.143. The van der Waals surface area contributed by atoms with Gasteiger partial charge in [0.15, 0.2) is 5.16 Å². The highest BCUT2D eigenvalue weighted by molar-refractivity contribution is 7.89. The van der Waals surface area contributed by atoms with Gasteiger partial charge < -0.3 is 4.42 Å². The molecule has 2 aromatic rings. The molecule has 1 unspecified atom stereocenters. The number of aryl methyl sites for hydroxylation is 2. The minimum atomic E-state index is -1.79. The zero-order valence-corrected chi connectivity index (χ0v) is 11.0. The number of furan rings is 1. The van der Waals surface area contributed by atoms with E-state index in [0.29, 0.717) is 16.4 Å². The molecule has 0 bridgehead atoms. The zero-order chi connectivity index (χ0) is 13.1. The summed E-state index contributed by atoms with van der Waals surface area (Å²) in [5.41, 5.74) is 1.04. The summed E-state index contributed by atoms with van der Waals surface area (Å²) < 4.78 is 30.9. The standard InChI is InChI=1S/C14H13FO2S/c1-10-3-7-13(8-4-10)18(16)14(15)9-12-6-5-11(2)17-12/h3-9H,1-2H3/b14-9+. The summed E-state index contributed by atoms with van der Waals surface area (Å²) in [6.07, 6.45) is 1.16. The van der Waals surface area contributed by atoms with Crippen molar-refractivity contribution in [3.05, 3.63) is 58.6 Å². The third-order valence-electron chi connectivity index (χ3n) is 2.43.